The van der Waals surface area contributed by atoms with E-state index in [1.165, 1.54) is 0 Å². The second kappa shape index (κ2) is 11.6. The maximum atomic E-state index is 13.9. The van der Waals surface area contributed by atoms with Crippen molar-refractivity contribution in [3.05, 3.63) is 70.1 Å². The number of carbonyl (C=O) groups excluding carboxylic acids is 2. The molecule has 0 saturated heterocycles. The van der Waals surface area contributed by atoms with E-state index in [4.69, 9.17) is 23.7 Å². The van der Waals surface area contributed by atoms with E-state index in [2.05, 4.69) is 5.32 Å². The molecule has 2 aliphatic rings. The highest BCUT2D eigenvalue weighted by atomic mass is 16.5. The number of ketones is 1. The molecule has 1 aliphatic heterocycles. The molecule has 8 heteroatoms. The van der Waals surface area contributed by atoms with Gasteiger partial charge in [0.2, 0.25) is 0 Å². The Bertz CT molecular complexity index is 1290. The van der Waals surface area contributed by atoms with Crippen molar-refractivity contribution in [1.29, 1.82) is 0 Å². The van der Waals surface area contributed by atoms with Gasteiger partial charge in [-0.1, -0.05) is 13.0 Å². The van der Waals surface area contributed by atoms with Crippen LogP contribution in [0.1, 0.15) is 56.1 Å². The van der Waals surface area contributed by atoms with Crippen molar-refractivity contribution >= 4 is 11.8 Å². The molecule has 1 aliphatic carbocycles. The Hall–Kier alpha value is -3.94. The topological polar surface area (TPSA) is 92.3 Å². The van der Waals surface area contributed by atoms with Crippen molar-refractivity contribution in [1.82, 2.24) is 5.32 Å². The second-order valence-electron chi connectivity index (χ2n) is 9.38. The molecule has 8 nitrogen and oxygen atoms in total. The van der Waals surface area contributed by atoms with E-state index in [-0.39, 0.29) is 18.1 Å². The van der Waals surface area contributed by atoms with E-state index in [1.807, 2.05) is 38.1 Å². The summed E-state index contributed by atoms with van der Waals surface area (Å²) in [5.41, 5.74) is 4.07. The number of esters is 1. The molecule has 0 saturated carbocycles. The highest BCUT2D eigenvalue weighted by Crippen LogP contribution is 2.49. The van der Waals surface area contributed by atoms with Crippen LogP contribution >= 0.6 is 0 Å². The summed E-state index contributed by atoms with van der Waals surface area (Å²) in [6.07, 6.45) is 1.57. The number of benzene rings is 2. The number of nitrogens with one attached hydrogen (secondary N) is 1. The van der Waals surface area contributed by atoms with Gasteiger partial charge in [-0.05, 0) is 61.6 Å². The van der Waals surface area contributed by atoms with Crippen molar-refractivity contribution in [3.63, 3.8) is 0 Å². The summed E-state index contributed by atoms with van der Waals surface area (Å²) in [5, 5.41) is 3.38. The predicted octanol–water partition coefficient (Wildman–Crippen LogP) is 5.04. The minimum atomic E-state index is -0.653. The first-order valence-electron chi connectivity index (χ1n) is 12.7. The third-order valence-electron chi connectivity index (χ3n) is 7.11. The summed E-state index contributed by atoms with van der Waals surface area (Å²) in [5.74, 6) is 1.20. The van der Waals surface area contributed by atoms with E-state index < -0.39 is 11.9 Å². The van der Waals surface area contributed by atoms with Crippen molar-refractivity contribution < 1.29 is 33.3 Å². The average molecular weight is 522 g/mol. The van der Waals surface area contributed by atoms with Gasteiger partial charge >= 0.3 is 5.97 Å². The summed E-state index contributed by atoms with van der Waals surface area (Å²) < 4.78 is 27.6. The monoisotopic (exact) mass is 521 g/mol. The molecule has 1 heterocycles. The number of ether oxygens (including phenoxy) is 5. The van der Waals surface area contributed by atoms with Gasteiger partial charge in [-0.25, -0.2) is 4.79 Å². The fourth-order valence-electron chi connectivity index (χ4n) is 5.30. The molecule has 1 N–H and O–H groups in total. The predicted molar refractivity (Wildman–Crippen MR) is 143 cm³/mol. The molecule has 0 amide bonds. The first-order valence-corrected chi connectivity index (χ1v) is 12.7. The fraction of sp³-hybridized carbons (Fsp3) is 0.400. The van der Waals surface area contributed by atoms with Crippen LogP contribution < -0.4 is 24.3 Å². The molecular formula is C30H35NO7. The van der Waals surface area contributed by atoms with Crippen molar-refractivity contribution in [2.45, 2.75) is 44.9 Å². The van der Waals surface area contributed by atoms with Crippen LogP contribution in [0, 0.1) is 0 Å². The van der Waals surface area contributed by atoms with Gasteiger partial charge in [0, 0.05) is 29.0 Å². The molecular weight excluding hydrogens is 486 g/mol. The zero-order chi connectivity index (χ0) is 27.4. The highest BCUT2D eigenvalue weighted by molar-refractivity contribution is 6.04. The zero-order valence-corrected chi connectivity index (χ0v) is 22.8. The van der Waals surface area contributed by atoms with Crippen molar-refractivity contribution in [2.75, 3.05) is 35.0 Å². The lowest BCUT2D eigenvalue weighted by Crippen LogP contribution is -2.36. The standard InChI is InChI=1S/C30H35NO7/c1-7-12-38-30(33)27-17(2)31-22-13-19(18-8-10-25(36-5)26(15-18)37-6)14-23(32)29(22)28(27)21-16-20(34-3)9-11-24(21)35-4/h8-11,15-16,19,28,31H,7,12-14H2,1-6H3/t19-,28-/m0/s1. The quantitative estimate of drug-likeness (QED) is 0.459. The third-order valence-corrected chi connectivity index (χ3v) is 7.11. The molecule has 2 atom stereocenters. The van der Waals surface area contributed by atoms with Crippen LogP contribution in [0.2, 0.25) is 0 Å². The van der Waals surface area contributed by atoms with Crippen LogP contribution in [0.15, 0.2) is 58.9 Å². The Morgan fingerprint density at radius 2 is 1.63 bits per heavy atom. The van der Waals surface area contributed by atoms with E-state index >= 15 is 0 Å². The minimum absolute atomic E-state index is 0.0401. The van der Waals surface area contributed by atoms with Gasteiger partial charge in [0.25, 0.3) is 0 Å². The molecule has 0 unspecified atom stereocenters. The lowest BCUT2D eigenvalue weighted by Gasteiger charge is -2.37. The van der Waals surface area contributed by atoms with Gasteiger partial charge in [0.15, 0.2) is 17.3 Å². The number of Topliss-reactive ketones (excluding diaryl/α,β-unsaturated/α-hetero) is 1. The molecule has 0 fully saturated rings. The number of hydrogen-bond acceptors (Lipinski definition) is 8. The summed E-state index contributed by atoms with van der Waals surface area (Å²) in [4.78, 5) is 27.3. The number of hydrogen-bond donors (Lipinski definition) is 1. The van der Waals surface area contributed by atoms with Crippen molar-refractivity contribution in [3.8, 4) is 23.0 Å². The first-order chi connectivity index (χ1) is 18.4. The van der Waals surface area contributed by atoms with E-state index in [0.717, 1.165) is 11.3 Å². The van der Waals surface area contributed by atoms with Crippen LogP contribution in [0.25, 0.3) is 0 Å². The van der Waals surface area contributed by atoms with Crippen LogP contribution in [-0.2, 0) is 14.3 Å². The molecule has 0 spiro atoms. The molecule has 2 aromatic rings. The van der Waals surface area contributed by atoms with Crippen LogP contribution in [-0.4, -0.2) is 46.8 Å². The molecule has 0 radical (unpaired) electrons. The number of methoxy groups -OCH3 is 4. The Kier molecular flexibility index (Phi) is 8.29. The summed E-state index contributed by atoms with van der Waals surface area (Å²) in [6.45, 7) is 4.07. The lowest BCUT2D eigenvalue weighted by atomic mass is 9.71. The van der Waals surface area contributed by atoms with E-state index in [0.29, 0.717) is 64.9 Å². The Morgan fingerprint density at radius 1 is 0.921 bits per heavy atom. The number of rotatable bonds is 9. The Balaban J connectivity index is 1.83. The molecule has 202 valence electrons. The summed E-state index contributed by atoms with van der Waals surface area (Å²) in [7, 11) is 6.34. The SMILES string of the molecule is CCCOC(=O)C1=C(C)NC2=C(C(=O)C[C@@H](c3ccc(OC)c(OC)c3)C2)[C@H]1c1cc(OC)ccc1OC. The van der Waals surface area contributed by atoms with E-state index in [1.54, 1.807) is 40.6 Å². The van der Waals surface area contributed by atoms with Gasteiger partial charge in [0.1, 0.15) is 11.5 Å². The second-order valence-corrected chi connectivity index (χ2v) is 9.38. The largest absolute Gasteiger partial charge is 0.497 e. The van der Waals surface area contributed by atoms with Gasteiger partial charge in [0.05, 0.1) is 46.5 Å². The normalized spacial score (nSPS) is 18.9. The Labute approximate surface area is 223 Å². The zero-order valence-electron chi connectivity index (χ0n) is 22.8. The van der Waals surface area contributed by atoms with Gasteiger partial charge in [-0.2, -0.15) is 0 Å². The first kappa shape index (κ1) is 27.1. The molecule has 4 rings (SSSR count). The lowest BCUT2D eigenvalue weighted by molar-refractivity contribution is -0.139. The molecule has 0 aromatic heterocycles. The number of dihydropyridines is 1. The summed E-state index contributed by atoms with van der Waals surface area (Å²) in [6, 6.07) is 11.2. The third kappa shape index (κ3) is 5.08. The van der Waals surface area contributed by atoms with Crippen LogP contribution in [0.4, 0.5) is 0 Å². The number of allylic oxidation sites excluding steroid dienone is 3. The maximum absolute atomic E-state index is 13.9. The molecule has 2 aromatic carbocycles. The minimum Gasteiger partial charge on any atom is -0.497 e. The number of carbonyl (C=O) groups is 2. The molecule has 0 bridgehead atoms. The van der Waals surface area contributed by atoms with Crippen LogP contribution in [0.5, 0.6) is 23.0 Å². The van der Waals surface area contributed by atoms with E-state index in [9.17, 15) is 9.59 Å². The average Bonchev–Trinajstić information content (AvgIpc) is 2.94. The fourth-order valence-corrected chi connectivity index (χ4v) is 5.30. The summed E-state index contributed by atoms with van der Waals surface area (Å²) >= 11 is 0. The maximum Gasteiger partial charge on any atom is 0.336 e. The van der Waals surface area contributed by atoms with Gasteiger partial charge < -0.3 is 29.0 Å². The molecule has 38 heavy (non-hydrogen) atoms. The van der Waals surface area contributed by atoms with Crippen LogP contribution in [0.3, 0.4) is 0 Å². The Morgan fingerprint density at radius 3 is 2.29 bits per heavy atom. The van der Waals surface area contributed by atoms with Crippen molar-refractivity contribution in [2.24, 2.45) is 0 Å². The van der Waals surface area contributed by atoms with Gasteiger partial charge in [-0.15, -0.1) is 0 Å². The highest BCUT2D eigenvalue weighted by Gasteiger charge is 2.42. The smallest absolute Gasteiger partial charge is 0.336 e. The van der Waals surface area contributed by atoms with Gasteiger partial charge in [-0.3, -0.25) is 4.79 Å².